The maximum atomic E-state index is 13.8. The topological polar surface area (TPSA) is 58.1 Å². The molecular weight excluding hydrogens is 247 g/mol. The molecule has 1 aliphatic carbocycles. The minimum absolute atomic E-state index is 0.241. The second kappa shape index (κ2) is 4.66. The Balaban J connectivity index is 1.97. The molecule has 0 amide bonds. The molecule has 2 unspecified atom stereocenters. The summed E-state index contributed by atoms with van der Waals surface area (Å²) in [6, 6.07) is 0. The third-order valence-electron chi connectivity index (χ3n) is 3.64. The van der Waals surface area contributed by atoms with Gasteiger partial charge in [0, 0.05) is 12.4 Å². The van der Waals surface area contributed by atoms with Crippen molar-refractivity contribution < 1.29 is 14.2 Å². The van der Waals surface area contributed by atoms with Crippen molar-refractivity contribution in [2.24, 2.45) is 5.92 Å². The van der Waals surface area contributed by atoms with Crippen molar-refractivity contribution in [2.45, 2.75) is 25.6 Å². The largest absolute Gasteiger partial charge is 0.490 e. The van der Waals surface area contributed by atoms with E-state index in [2.05, 4.69) is 9.97 Å². The van der Waals surface area contributed by atoms with Gasteiger partial charge < -0.3 is 14.8 Å². The summed E-state index contributed by atoms with van der Waals surface area (Å²) in [7, 11) is 0. The number of imidazole rings is 1. The SMILES string of the molecule is CCC1=COC2C(F)=CC=C([C@@H](O)c3ncc[nH]3)C12. The van der Waals surface area contributed by atoms with Gasteiger partial charge in [-0.25, -0.2) is 9.37 Å². The van der Waals surface area contributed by atoms with Gasteiger partial charge in [0.2, 0.25) is 0 Å². The Hall–Kier alpha value is -1.88. The first-order chi connectivity index (χ1) is 9.22. The molecule has 3 atom stereocenters. The fourth-order valence-corrected chi connectivity index (χ4v) is 2.64. The van der Waals surface area contributed by atoms with Crippen molar-refractivity contribution in [3.8, 4) is 0 Å². The Bertz CT molecular complexity index is 560. The normalized spacial score (nSPS) is 27.0. The van der Waals surface area contributed by atoms with E-state index >= 15 is 0 Å². The second-order valence-corrected chi connectivity index (χ2v) is 4.68. The molecule has 100 valence electrons. The van der Waals surface area contributed by atoms with Crippen LogP contribution in [0.25, 0.3) is 0 Å². The minimum atomic E-state index is -0.872. The third-order valence-corrected chi connectivity index (χ3v) is 3.64. The number of H-pyrrole nitrogens is 1. The third kappa shape index (κ3) is 1.90. The lowest BCUT2D eigenvalue weighted by atomic mass is 9.80. The van der Waals surface area contributed by atoms with Gasteiger partial charge in [-0.15, -0.1) is 0 Å². The van der Waals surface area contributed by atoms with Gasteiger partial charge in [-0.1, -0.05) is 13.0 Å². The molecule has 1 aromatic heterocycles. The molecule has 0 spiro atoms. The van der Waals surface area contributed by atoms with E-state index in [-0.39, 0.29) is 11.7 Å². The van der Waals surface area contributed by atoms with E-state index in [1.165, 1.54) is 6.08 Å². The van der Waals surface area contributed by atoms with Gasteiger partial charge in [0.25, 0.3) is 0 Å². The van der Waals surface area contributed by atoms with Crippen LogP contribution in [0.2, 0.25) is 0 Å². The number of hydrogen-bond acceptors (Lipinski definition) is 3. The van der Waals surface area contributed by atoms with Crippen LogP contribution >= 0.6 is 0 Å². The monoisotopic (exact) mass is 262 g/mol. The van der Waals surface area contributed by atoms with Crippen molar-refractivity contribution in [2.75, 3.05) is 0 Å². The molecular formula is C14H15FN2O2. The lowest BCUT2D eigenvalue weighted by Gasteiger charge is -2.28. The van der Waals surface area contributed by atoms with E-state index in [0.29, 0.717) is 11.4 Å². The number of nitrogens with one attached hydrogen (secondary N) is 1. The predicted octanol–water partition coefficient (Wildman–Crippen LogP) is 2.55. The fourth-order valence-electron chi connectivity index (χ4n) is 2.64. The molecule has 19 heavy (non-hydrogen) atoms. The van der Waals surface area contributed by atoms with E-state index in [1.807, 2.05) is 6.92 Å². The number of ether oxygens (including phenoxy) is 1. The van der Waals surface area contributed by atoms with Crippen molar-refractivity contribution in [1.82, 2.24) is 9.97 Å². The molecule has 1 aliphatic heterocycles. The number of fused-ring (bicyclic) bond motifs is 1. The van der Waals surface area contributed by atoms with Crippen LogP contribution in [-0.4, -0.2) is 21.2 Å². The molecule has 0 saturated heterocycles. The lowest BCUT2D eigenvalue weighted by molar-refractivity contribution is 0.128. The molecule has 0 bridgehead atoms. The first-order valence-electron chi connectivity index (χ1n) is 6.31. The molecule has 0 radical (unpaired) electrons. The zero-order chi connectivity index (χ0) is 13.4. The number of aromatic amines is 1. The van der Waals surface area contributed by atoms with Crippen molar-refractivity contribution in [3.05, 3.63) is 53.6 Å². The van der Waals surface area contributed by atoms with Gasteiger partial charge >= 0.3 is 0 Å². The molecule has 2 N–H and O–H groups in total. The van der Waals surface area contributed by atoms with Crippen LogP contribution in [-0.2, 0) is 4.74 Å². The van der Waals surface area contributed by atoms with Crippen LogP contribution in [0.4, 0.5) is 4.39 Å². The van der Waals surface area contributed by atoms with E-state index in [9.17, 15) is 9.50 Å². The number of nitrogens with zero attached hydrogens (tertiary/aromatic N) is 1. The number of aromatic nitrogens is 2. The van der Waals surface area contributed by atoms with Gasteiger partial charge in [-0.2, -0.15) is 0 Å². The van der Waals surface area contributed by atoms with Crippen molar-refractivity contribution in [1.29, 1.82) is 0 Å². The number of allylic oxidation sites excluding steroid dienone is 2. The smallest absolute Gasteiger partial charge is 0.159 e. The standard InChI is InChI=1S/C14H15FN2O2/c1-2-8-7-19-13-10(15)4-3-9(11(8)13)12(18)14-16-5-6-17-14/h3-7,11-13,18H,2H2,1H3,(H,16,17)/t11?,12-,13?/m1/s1. The van der Waals surface area contributed by atoms with E-state index in [1.54, 1.807) is 24.7 Å². The number of rotatable bonds is 3. The molecule has 0 fully saturated rings. The molecule has 2 heterocycles. The highest BCUT2D eigenvalue weighted by atomic mass is 19.1. The maximum absolute atomic E-state index is 13.8. The van der Waals surface area contributed by atoms with Gasteiger partial charge in [0.15, 0.2) is 6.10 Å². The van der Waals surface area contributed by atoms with Crippen LogP contribution in [0, 0.1) is 5.92 Å². The Morgan fingerprint density at radius 1 is 1.53 bits per heavy atom. The minimum Gasteiger partial charge on any atom is -0.490 e. The molecule has 0 saturated carbocycles. The predicted molar refractivity (Wildman–Crippen MR) is 67.6 cm³/mol. The van der Waals surface area contributed by atoms with Crippen LogP contribution in [0.5, 0.6) is 0 Å². The Morgan fingerprint density at radius 2 is 2.37 bits per heavy atom. The Kier molecular flexibility index (Phi) is 2.98. The first kappa shape index (κ1) is 12.2. The van der Waals surface area contributed by atoms with Gasteiger partial charge in [0.05, 0.1) is 12.2 Å². The highest BCUT2D eigenvalue weighted by Crippen LogP contribution is 2.44. The highest BCUT2D eigenvalue weighted by molar-refractivity contribution is 5.39. The van der Waals surface area contributed by atoms with Crippen LogP contribution in [0.1, 0.15) is 25.3 Å². The summed E-state index contributed by atoms with van der Waals surface area (Å²) in [6.45, 7) is 1.99. The van der Waals surface area contributed by atoms with Crippen LogP contribution in [0.3, 0.4) is 0 Å². The highest BCUT2D eigenvalue weighted by Gasteiger charge is 2.41. The molecule has 3 rings (SSSR count). The quantitative estimate of drug-likeness (QED) is 0.880. The Labute approximate surface area is 110 Å². The molecule has 5 heteroatoms. The molecule has 1 aromatic rings. The summed E-state index contributed by atoms with van der Waals surface area (Å²) in [4.78, 5) is 6.94. The number of aliphatic hydroxyl groups is 1. The van der Waals surface area contributed by atoms with Gasteiger partial charge in [-0.05, 0) is 23.6 Å². The zero-order valence-corrected chi connectivity index (χ0v) is 10.5. The van der Waals surface area contributed by atoms with Gasteiger partial charge in [-0.3, -0.25) is 0 Å². The number of halogens is 1. The van der Waals surface area contributed by atoms with E-state index in [4.69, 9.17) is 4.74 Å². The summed E-state index contributed by atoms with van der Waals surface area (Å²) in [6.07, 6.45) is 7.07. The van der Waals surface area contributed by atoms with Crippen molar-refractivity contribution in [3.63, 3.8) is 0 Å². The zero-order valence-electron chi connectivity index (χ0n) is 10.5. The number of hydrogen-bond donors (Lipinski definition) is 2. The fraction of sp³-hybridized carbons (Fsp3) is 0.357. The summed E-state index contributed by atoms with van der Waals surface area (Å²) >= 11 is 0. The van der Waals surface area contributed by atoms with E-state index in [0.717, 1.165) is 12.0 Å². The van der Waals surface area contributed by atoms with Crippen molar-refractivity contribution >= 4 is 0 Å². The summed E-state index contributed by atoms with van der Waals surface area (Å²) in [5, 5.41) is 10.4. The lowest BCUT2D eigenvalue weighted by Crippen LogP contribution is -2.27. The maximum Gasteiger partial charge on any atom is 0.159 e. The molecule has 4 nitrogen and oxygen atoms in total. The van der Waals surface area contributed by atoms with E-state index < -0.39 is 12.2 Å². The number of aliphatic hydroxyl groups excluding tert-OH is 1. The second-order valence-electron chi connectivity index (χ2n) is 4.68. The summed E-state index contributed by atoms with van der Waals surface area (Å²) in [5.41, 5.74) is 1.71. The average Bonchev–Trinajstić information content (AvgIpc) is 3.08. The molecule has 2 aliphatic rings. The molecule has 0 aromatic carbocycles. The average molecular weight is 262 g/mol. The summed E-state index contributed by atoms with van der Waals surface area (Å²) < 4.78 is 19.2. The van der Waals surface area contributed by atoms with Crippen LogP contribution < -0.4 is 0 Å². The summed E-state index contributed by atoms with van der Waals surface area (Å²) in [5.74, 6) is -0.0849. The Morgan fingerprint density at radius 3 is 3.05 bits per heavy atom. The first-order valence-corrected chi connectivity index (χ1v) is 6.31. The van der Waals surface area contributed by atoms with Crippen LogP contribution in [0.15, 0.2) is 47.8 Å². The van der Waals surface area contributed by atoms with Gasteiger partial charge in [0.1, 0.15) is 17.8 Å².